The zero-order valence-corrected chi connectivity index (χ0v) is 12.1. The molecule has 0 unspecified atom stereocenters. The van der Waals surface area contributed by atoms with Crippen LogP contribution in [0.1, 0.15) is 11.1 Å². The van der Waals surface area contributed by atoms with Crippen molar-refractivity contribution in [3.05, 3.63) is 52.1 Å². The Morgan fingerprint density at radius 3 is 2.75 bits per heavy atom. The van der Waals surface area contributed by atoms with Crippen LogP contribution < -0.4 is 5.56 Å². The molecule has 3 aromatic rings. The van der Waals surface area contributed by atoms with Crippen LogP contribution in [0.4, 0.5) is 0 Å². The van der Waals surface area contributed by atoms with Crippen molar-refractivity contribution in [3.63, 3.8) is 0 Å². The Kier molecular flexibility index (Phi) is 3.31. The Hall–Kier alpha value is -2.08. The monoisotopic (exact) mass is 286 g/mol. The Bertz CT molecular complexity index is 804. The molecule has 5 nitrogen and oxygen atoms in total. The number of nitrogens with zero attached hydrogens (tertiary/aromatic N) is 3. The minimum absolute atomic E-state index is 0.201. The summed E-state index contributed by atoms with van der Waals surface area (Å²) >= 11 is 1.60. The number of benzene rings is 1. The number of imidazole rings is 1. The fraction of sp³-hybridized carbons (Fsp3) is 0.214. The number of fused-ring (bicyclic) bond motifs is 1. The van der Waals surface area contributed by atoms with E-state index in [1.165, 1.54) is 17.5 Å². The van der Waals surface area contributed by atoms with Crippen molar-refractivity contribution < 1.29 is 0 Å². The summed E-state index contributed by atoms with van der Waals surface area (Å²) in [4.78, 5) is 22.7. The van der Waals surface area contributed by atoms with E-state index in [4.69, 9.17) is 0 Å². The molecule has 0 fully saturated rings. The van der Waals surface area contributed by atoms with Crippen LogP contribution in [0.25, 0.3) is 11.2 Å². The van der Waals surface area contributed by atoms with E-state index >= 15 is 0 Å². The lowest BCUT2D eigenvalue weighted by atomic mass is 10.2. The van der Waals surface area contributed by atoms with E-state index in [2.05, 4.69) is 46.1 Å². The first-order valence-electron chi connectivity index (χ1n) is 6.23. The second-order valence-corrected chi connectivity index (χ2v) is 5.57. The first-order valence-corrected chi connectivity index (χ1v) is 7.22. The van der Waals surface area contributed by atoms with Crippen molar-refractivity contribution in [2.24, 2.45) is 7.05 Å². The highest BCUT2D eigenvalue weighted by molar-refractivity contribution is 7.98. The van der Waals surface area contributed by atoms with Crippen LogP contribution in [-0.4, -0.2) is 19.5 Å². The summed E-state index contributed by atoms with van der Waals surface area (Å²) in [7, 11) is 1.87. The molecule has 20 heavy (non-hydrogen) atoms. The largest absolute Gasteiger partial charge is 0.311 e. The van der Waals surface area contributed by atoms with Gasteiger partial charge in [0.05, 0.1) is 6.33 Å². The van der Waals surface area contributed by atoms with Crippen molar-refractivity contribution in [1.29, 1.82) is 0 Å². The highest BCUT2D eigenvalue weighted by Gasteiger charge is 2.11. The fourth-order valence-electron chi connectivity index (χ4n) is 1.95. The zero-order valence-electron chi connectivity index (χ0n) is 11.3. The van der Waals surface area contributed by atoms with Gasteiger partial charge in [0.1, 0.15) is 0 Å². The first-order chi connectivity index (χ1) is 9.65. The number of aromatic amines is 1. The summed E-state index contributed by atoms with van der Waals surface area (Å²) in [6, 6.07) is 8.40. The normalized spacial score (nSPS) is 11.1. The molecule has 0 atom stereocenters. The lowest BCUT2D eigenvalue weighted by Crippen LogP contribution is -2.06. The number of hydrogen-bond donors (Lipinski definition) is 1. The van der Waals surface area contributed by atoms with E-state index in [1.54, 1.807) is 11.8 Å². The van der Waals surface area contributed by atoms with E-state index < -0.39 is 0 Å². The van der Waals surface area contributed by atoms with Crippen molar-refractivity contribution >= 4 is 22.9 Å². The molecular weight excluding hydrogens is 272 g/mol. The standard InChI is InChI=1S/C14H14N4OS/c1-9-3-5-10(6-4-9)7-20-14-17-11-12(18(14)2)15-8-16-13(11)19/h3-6,8H,7H2,1-2H3,(H,15,16,19). The maximum absolute atomic E-state index is 11.7. The molecule has 1 aromatic carbocycles. The van der Waals surface area contributed by atoms with Crippen LogP contribution >= 0.6 is 11.8 Å². The molecule has 2 aromatic heterocycles. The van der Waals surface area contributed by atoms with Gasteiger partial charge in [-0.1, -0.05) is 41.6 Å². The second-order valence-electron chi connectivity index (χ2n) is 4.63. The third kappa shape index (κ3) is 2.34. The van der Waals surface area contributed by atoms with Crippen molar-refractivity contribution in [1.82, 2.24) is 19.5 Å². The fourth-order valence-corrected chi connectivity index (χ4v) is 2.88. The van der Waals surface area contributed by atoms with Crippen molar-refractivity contribution in [2.45, 2.75) is 17.8 Å². The molecule has 6 heteroatoms. The number of H-pyrrole nitrogens is 1. The minimum Gasteiger partial charge on any atom is -0.311 e. The van der Waals surface area contributed by atoms with Crippen LogP contribution in [0.5, 0.6) is 0 Å². The summed E-state index contributed by atoms with van der Waals surface area (Å²) in [5.74, 6) is 0.815. The lowest BCUT2D eigenvalue weighted by Gasteiger charge is -2.02. The van der Waals surface area contributed by atoms with Crippen molar-refractivity contribution in [2.75, 3.05) is 0 Å². The third-order valence-electron chi connectivity index (χ3n) is 3.11. The molecule has 0 aliphatic rings. The number of rotatable bonds is 3. The molecule has 102 valence electrons. The molecule has 1 N–H and O–H groups in total. The van der Waals surface area contributed by atoms with Crippen LogP contribution in [0.2, 0.25) is 0 Å². The summed E-state index contributed by atoms with van der Waals surface area (Å²) < 4.78 is 1.85. The third-order valence-corrected chi connectivity index (χ3v) is 4.21. The molecule has 3 rings (SSSR count). The Labute approximate surface area is 120 Å². The quantitative estimate of drug-likeness (QED) is 0.750. The van der Waals surface area contributed by atoms with Gasteiger partial charge in [0.15, 0.2) is 16.3 Å². The predicted octanol–water partition coefficient (Wildman–Crippen LogP) is 2.26. The van der Waals surface area contributed by atoms with Crippen LogP contribution in [0.3, 0.4) is 0 Å². The number of aromatic nitrogens is 4. The Morgan fingerprint density at radius 1 is 1.30 bits per heavy atom. The average molecular weight is 286 g/mol. The van der Waals surface area contributed by atoms with E-state index in [9.17, 15) is 4.79 Å². The van der Waals surface area contributed by atoms with E-state index in [1.807, 2.05) is 11.6 Å². The number of aryl methyl sites for hydroxylation is 2. The van der Waals surface area contributed by atoms with Gasteiger partial charge in [-0.3, -0.25) is 4.79 Å². The number of nitrogens with one attached hydrogen (secondary N) is 1. The van der Waals surface area contributed by atoms with Gasteiger partial charge in [0, 0.05) is 12.8 Å². The van der Waals surface area contributed by atoms with E-state index in [0.717, 1.165) is 10.9 Å². The average Bonchev–Trinajstić information content (AvgIpc) is 2.77. The molecule has 0 bridgehead atoms. The molecular formula is C14H14N4OS. The molecule has 0 saturated heterocycles. The highest BCUT2D eigenvalue weighted by Crippen LogP contribution is 2.23. The summed E-state index contributed by atoms with van der Waals surface area (Å²) in [6.07, 6.45) is 1.40. The highest BCUT2D eigenvalue weighted by atomic mass is 32.2. The molecule has 0 amide bonds. The van der Waals surface area contributed by atoms with E-state index in [-0.39, 0.29) is 5.56 Å². The topological polar surface area (TPSA) is 63.6 Å². The minimum atomic E-state index is -0.201. The maximum Gasteiger partial charge on any atom is 0.278 e. The number of hydrogen-bond acceptors (Lipinski definition) is 4. The van der Waals surface area contributed by atoms with Gasteiger partial charge in [0.25, 0.3) is 5.56 Å². The molecule has 0 spiro atoms. The Balaban J connectivity index is 1.88. The van der Waals surface area contributed by atoms with Gasteiger partial charge in [-0.15, -0.1) is 0 Å². The van der Waals surface area contributed by atoms with Gasteiger partial charge in [-0.2, -0.15) is 0 Å². The van der Waals surface area contributed by atoms with Crippen LogP contribution in [-0.2, 0) is 12.8 Å². The predicted molar refractivity (Wildman–Crippen MR) is 79.9 cm³/mol. The van der Waals surface area contributed by atoms with Gasteiger partial charge in [-0.25, -0.2) is 9.97 Å². The van der Waals surface area contributed by atoms with Gasteiger partial charge < -0.3 is 9.55 Å². The van der Waals surface area contributed by atoms with Gasteiger partial charge in [-0.05, 0) is 12.5 Å². The van der Waals surface area contributed by atoms with Crippen molar-refractivity contribution in [3.8, 4) is 0 Å². The summed E-state index contributed by atoms with van der Waals surface area (Å²) in [5, 5.41) is 0.796. The number of thioether (sulfide) groups is 1. The van der Waals surface area contributed by atoms with Gasteiger partial charge in [0.2, 0.25) is 0 Å². The molecule has 0 radical (unpaired) electrons. The molecule has 0 aliphatic heterocycles. The zero-order chi connectivity index (χ0) is 14.1. The Morgan fingerprint density at radius 2 is 2.05 bits per heavy atom. The molecule has 0 saturated carbocycles. The smallest absolute Gasteiger partial charge is 0.278 e. The first kappa shape index (κ1) is 12.9. The molecule has 0 aliphatic carbocycles. The summed E-state index contributed by atoms with van der Waals surface area (Å²) in [6.45, 7) is 2.07. The maximum atomic E-state index is 11.7. The second kappa shape index (κ2) is 5.13. The molecule has 2 heterocycles. The van der Waals surface area contributed by atoms with Gasteiger partial charge >= 0.3 is 0 Å². The van der Waals surface area contributed by atoms with Crippen LogP contribution in [0, 0.1) is 6.92 Å². The van der Waals surface area contributed by atoms with E-state index in [0.29, 0.717) is 11.2 Å². The van der Waals surface area contributed by atoms with Crippen LogP contribution in [0.15, 0.2) is 40.5 Å². The lowest BCUT2D eigenvalue weighted by molar-refractivity contribution is 0.805. The SMILES string of the molecule is Cc1ccc(CSc2nc3c(=O)[nH]cnc3n2C)cc1. The summed E-state index contributed by atoms with van der Waals surface area (Å²) in [5.41, 5.74) is 3.28.